The van der Waals surface area contributed by atoms with Gasteiger partial charge >= 0.3 is 0 Å². The smallest absolute Gasteiger partial charge is 0.123 e. The van der Waals surface area contributed by atoms with Gasteiger partial charge < -0.3 is 10.0 Å². The van der Waals surface area contributed by atoms with Crippen LogP contribution in [-0.2, 0) is 6.54 Å². The third-order valence-corrected chi connectivity index (χ3v) is 2.64. The zero-order chi connectivity index (χ0) is 12.3. The van der Waals surface area contributed by atoms with Crippen molar-refractivity contribution in [1.29, 1.82) is 0 Å². The Labute approximate surface area is 102 Å². The van der Waals surface area contributed by atoms with E-state index >= 15 is 0 Å². The molecule has 0 aliphatic rings. The van der Waals surface area contributed by atoms with E-state index in [4.69, 9.17) is 0 Å². The predicted octanol–water partition coefficient (Wildman–Crippen LogP) is 3.12. The van der Waals surface area contributed by atoms with Crippen LogP contribution in [0.25, 0.3) is 11.1 Å². The number of phenolic OH excluding ortho intramolecular Hbond substituents is 1. The van der Waals surface area contributed by atoms with Gasteiger partial charge in [0.1, 0.15) is 5.75 Å². The van der Waals surface area contributed by atoms with Gasteiger partial charge in [-0.15, -0.1) is 0 Å². The molecule has 17 heavy (non-hydrogen) atoms. The number of hydrogen-bond acceptors (Lipinski definition) is 2. The van der Waals surface area contributed by atoms with Crippen LogP contribution in [0.5, 0.6) is 5.75 Å². The Morgan fingerprint density at radius 2 is 1.71 bits per heavy atom. The molecule has 0 spiro atoms. The topological polar surface area (TPSA) is 23.5 Å². The quantitative estimate of drug-likeness (QED) is 0.870. The SMILES string of the molecule is CN(C)Cc1ccc(O)c(-c2ccccc2)c1. The van der Waals surface area contributed by atoms with Crippen LogP contribution in [0, 0.1) is 0 Å². The molecular formula is C15H17NO. The van der Waals surface area contributed by atoms with Crippen LogP contribution in [0.1, 0.15) is 5.56 Å². The van der Waals surface area contributed by atoms with Crippen LogP contribution in [0.3, 0.4) is 0 Å². The fraction of sp³-hybridized carbons (Fsp3) is 0.200. The third-order valence-electron chi connectivity index (χ3n) is 2.64. The summed E-state index contributed by atoms with van der Waals surface area (Å²) in [4.78, 5) is 2.11. The van der Waals surface area contributed by atoms with Crippen LogP contribution in [0.4, 0.5) is 0 Å². The molecule has 0 bridgehead atoms. The zero-order valence-corrected chi connectivity index (χ0v) is 10.2. The third kappa shape index (κ3) is 2.86. The molecule has 0 aliphatic heterocycles. The Hall–Kier alpha value is -1.80. The van der Waals surface area contributed by atoms with Crippen molar-refractivity contribution in [3.8, 4) is 16.9 Å². The molecule has 1 N–H and O–H groups in total. The van der Waals surface area contributed by atoms with Gasteiger partial charge in [0.05, 0.1) is 0 Å². The molecule has 2 aromatic rings. The molecule has 88 valence electrons. The van der Waals surface area contributed by atoms with Crippen molar-refractivity contribution in [3.63, 3.8) is 0 Å². The summed E-state index contributed by atoms with van der Waals surface area (Å²) in [5.41, 5.74) is 3.14. The van der Waals surface area contributed by atoms with Gasteiger partial charge in [-0.05, 0) is 37.4 Å². The highest BCUT2D eigenvalue weighted by atomic mass is 16.3. The van der Waals surface area contributed by atoms with Crippen LogP contribution >= 0.6 is 0 Å². The van der Waals surface area contributed by atoms with Crippen molar-refractivity contribution in [2.75, 3.05) is 14.1 Å². The molecule has 0 aromatic heterocycles. The summed E-state index contributed by atoms with van der Waals surface area (Å²) in [7, 11) is 4.07. The van der Waals surface area contributed by atoms with Crippen molar-refractivity contribution in [2.24, 2.45) is 0 Å². The zero-order valence-electron chi connectivity index (χ0n) is 10.2. The van der Waals surface area contributed by atoms with Gasteiger partial charge in [0.15, 0.2) is 0 Å². The van der Waals surface area contributed by atoms with E-state index in [9.17, 15) is 5.11 Å². The maximum absolute atomic E-state index is 9.91. The molecule has 2 heteroatoms. The summed E-state index contributed by atoms with van der Waals surface area (Å²) >= 11 is 0. The van der Waals surface area contributed by atoms with E-state index in [0.29, 0.717) is 5.75 Å². The van der Waals surface area contributed by atoms with Gasteiger partial charge in [0, 0.05) is 12.1 Å². The Balaban J connectivity index is 2.40. The molecule has 0 aliphatic carbocycles. The lowest BCUT2D eigenvalue weighted by Crippen LogP contribution is -2.10. The van der Waals surface area contributed by atoms with Crippen LogP contribution in [0.15, 0.2) is 48.5 Å². The Kier molecular flexibility index (Phi) is 3.45. The monoisotopic (exact) mass is 227 g/mol. The first kappa shape index (κ1) is 11.7. The van der Waals surface area contributed by atoms with E-state index in [1.54, 1.807) is 6.07 Å². The average Bonchev–Trinajstić information content (AvgIpc) is 2.32. The minimum absolute atomic E-state index is 0.332. The summed E-state index contributed by atoms with van der Waals surface area (Å²) < 4.78 is 0. The second kappa shape index (κ2) is 5.02. The second-order valence-corrected chi connectivity index (χ2v) is 4.46. The van der Waals surface area contributed by atoms with Gasteiger partial charge in [-0.3, -0.25) is 0 Å². The summed E-state index contributed by atoms with van der Waals surface area (Å²) in [6.45, 7) is 0.875. The second-order valence-electron chi connectivity index (χ2n) is 4.46. The Morgan fingerprint density at radius 1 is 1.00 bits per heavy atom. The first-order valence-corrected chi connectivity index (χ1v) is 5.69. The molecule has 0 saturated carbocycles. The van der Waals surface area contributed by atoms with Crippen molar-refractivity contribution < 1.29 is 5.11 Å². The molecule has 0 radical (unpaired) electrons. The Bertz CT molecular complexity index is 492. The summed E-state index contributed by atoms with van der Waals surface area (Å²) in [5.74, 6) is 0.332. The highest BCUT2D eigenvalue weighted by Crippen LogP contribution is 2.29. The van der Waals surface area contributed by atoms with Crippen molar-refractivity contribution >= 4 is 0 Å². The maximum Gasteiger partial charge on any atom is 0.123 e. The fourth-order valence-corrected chi connectivity index (χ4v) is 1.90. The molecule has 0 atom stereocenters. The number of hydrogen-bond donors (Lipinski definition) is 1. The van der Waals surface area contributed by atoms with Gasteiger partial charge in [0.25, 0.3) is 0 Å². The Morgan fingerprint density at radius 3 is 2.35 bits per heavy atom. The lowest BCUT2D eigenvalue weighted by molar-refractivity contribution is 0.402. The molecule has 2 aromatic carbocycles. The van der Waals surface area contributed by atoms with E-state index in [1.165, 1.54) is 5.56 Å². The first-order chi connectivity index (χ1) is 8.16. The fourth-order valence-electron chi connectivity index (χ4n) is 1.90. The molecule has 2 nitrogen and oxygen atoms in total. The number of rotatable bonds is 3. The van der Waals surface area contributed by atoms with E-state index in [1.807, 2.05) is 56.6 Å². The van der Waals surface area contributed by atoms with E-state index in [2.05, 4.69) is 4.90 Å². The van der Waals surface area contributed by atoms with Crippen molar-refractivity contribution in [3.05, 3.63) is 54.1 Å². The van der Waals surface area contributed by atoms with E-state index < -0.39 is 0 Å². The van der Waals surface area contributed by atoms with Crippen LogP contribution in [-0.4, -0.2) is 24.1 Å². The lowest BCUT2D eigenvalue weighted by Gasteiger charge is -2.12. The summed E-state index contributed by atoms with van der Waals surface area (Å²) in [5, 5.41) is 9.91. The van der Waals surface area contributed by atoms with Crippen LogP contribution < -0.4 is 0 Å². The average molecular weight is 227 g/mol. The highest BCUT2D eigenvalue weighted by molar-refractivity contribution is 5.70. The van der Waals surface area contributed by atoms with Gasteiger partial charge in [-0.25, -0.2) is 0 Å². The molecule has 0 amide bonds. The molecular weight excluding hydrogens is 210 g/mol. The minimum Gasteiger partial charge on any atom is -0.507 e. The maximum atomic E-state index is 9.91. The van der Waals surface area contributed by atoms with Crippen molar-refractivity contribution in [1.82, 2.24) is 4.90 Å². The summed E-state index contributed by atoms with van der Waals surface area (Å²) in [6.07, 6.45) is 0. The lowest BCUT2D eigenvalue weighted by atomic mass is 10.0. The molecule has 0 fully saturated rings. The molecule has 0 unspecified atom stereocenters. The number of aromatic hydroxyl groups is 1. The normalized spacial score (nSPS) is 10.8. The van der Waals surface area contributed by atoms with Gasteiger partial charge in [-0.1, -0.05) is 36.4 Å². The van der Waals surface area contributed by atoms with Crippen LogP contribution in [0.2, 0.25) is 0 Å². The molecule has 0 heterocycles. The number of phenols is 1. The highest BCUT2D eigenvalue weighted by Gasteiger charge is 2.05. The van der Waals surface area contributed by atoms with E-state index in [-0.39, 0.29) is 0 Å². The predicted molar refractivity (Wildman–Crippen MR) is 70.9 cm³/mol. The van der Waals surface area contributed by atoms with Gasteiger partial charge in [0.2, 0.25) is 0 Å². The largest absolute Gasteiger partial charge is 0.507 e. The first-order valence-electron chi connectivity index (χ1n) is 5.69. The van der Waals surface area contributed by atoms with Crippen molar-refractivity contribution in [2.45, 2.75) is 6.54 Å². The number of benzene rings is 2. The van der Waals surface area contributed by atoms with E-state index in [0.717, 1.165) is 17.7 Å². The number of nitrogens with zero attached hydrogens (tertiary/aromatic N) is 1. The molecule has 2 rings (SSSR count). The standard InChI is InChI=1S/C15H17NO/c1-16(2)11-12-8-9-15(17)14(10-12)13-6-4-3-5-7-13/h3-10,17H,11H2,1-2H3. The van der Waals surface area contributed by atoms with Gasteiger partial charge in [-0.2, -0.15) is 0 Å². The molecule has 0 saturated heterocycles. The summed E-state index contributed by atoms with van der Waals surface area (Å²) in [6, 6.07) is 15.7. The minimum atomic E-state index is 0.332.